The van der Waals surface area contributed by atoms with Gasteiger partial charge < -0.3 is 5.11 Å². The third-order valence-electron chi connectivity index (χ3n) is 3.59. The second-order valence-electron chi connectivity index (χ2n) is 5.28. The molecule has 0 aliphatic heterocycles. The number of rotatable bonds is 5. The van der Waals surface area contributed by atoms with Gasteiger partial charge >= 0.3 is 0 Å². The second kappa shape index (κ2) is 5.56. The van der Waals surface area contributed by atoms with E-state index in [0.717, 1.165) is 24.2 Å². The normalized spacial score (nSPS) is 15.2. The molecule has 0 saturated heterocycles. The molecule has 98 valence electrons. The summed E-state index contributed by atoms with van der Waals surface area (Å²) in [5, 5.41) is 15.0. The molecule has 1 aromatic heterocycles. The molecule has 17 heavy (non-hydrogen) atoms. The van der Waals surface area contributed by atoms with E-state index in [1.807, 2.05) is 4.68 Å². The molecular formula is C14H26N2O. The van der Waals surface area contributed by atoms with E-state index in [0.29, 0.717) is 23.6 Å². The molecule has 0 aliphatic carbocycles. The van der Waals surface area contributed by atoms with E-state index in [9.17, 15) is 5.11 Å². The molecule has 0 spiro atoms. The van der Waals surface area contributed by atoms with Crippen LogP contribution in [0.5, 0.6) is 5.75 Å². The van der Waals surface area contributed by atoms with Crippen LogP contribution in [-0.4, -0.2) is 14.9 Å². The highest BCUT2D eigenvalue weighted by Gasteiger charge is 2.24. The lowest BCUT2D eigenvalue weighted by atomic mass is 9.99. The molecule has 0 bridgehead atoms. The average Bonchev–Trinajstić information content (AvgIpc) is 2.65. The molecule has 0 fully saturated rings. The predicted octanol–water partition coefficient (Wildman–Crippen LogP) is 4.20. The monoisotopic (exact) mass is 238 g/mol. The summed E-state index contributed by atoms with van der Waals surface area (Å²) in [6, 6.07) is 0.294. The molecule has 0 saturated carbocycles. The standard InChI is InChI=1S/C14H26N2O/c1-7-10(5)12-14(17)13(11(6)8-2)16(15-12)9(3)4/h9-11,17H,7-8H2,1-6H3. The van der Waals surface area contributed by atoms with E-state index in [1.54, 1.807) is 0 Å². The van der Waals surface area contributed by atoms with Gasteiger partial charge in [0, 0.05) is 17.9 Å². The number of aromatic hydroxyl groups is 1. The van der Waals surface area contributed by atoms with Gasteiger partial charge in [0.25, 0.3) is 0 Å². The Morgan fingerprint density at radius 2 is 1.59 bits per heavy atom. The summed E-state index contributed by atoms with van der Waals surface area (Å²) < 4.78 is 1.99. The highest BCUT2D eigenvalue weighted by molar-refractivity contribution is 5.37. The molecule has 0 aromatic carbocycles. The maximum Gasteiger partial charge on any atom is 0.160 e. The van der Waals surface area contributed by atoms with Crippen LogP contribution in [0.25, 0.3) is 0 Å². The first-order chi connectivity index (χ1) is 7.93. The Hall–Kier alpha value is -0.990. The quantitative estimate of drug-likeness (QED) is 0.835. The van der Waals surface area contributed by atoms with Gasteiger partial charge in [-0.25, -0.2) is 0 Å². The zero-order valence-electron chi connectivity index (χ0n) is 12.0. The largest absolute Gasteiger partial charge is 0.504 e. The van der Waals surface area contributed by atoms with Gasteiger partial charge in [-0.15, -0.1) is 0 Å². The minimum atomic E-state index is 0.294. The van der Waals surface area contributed by atoms with Crippen molar-refractivity contribution in [2.45, 2.75) is 72.3 Å². The van der Waals surface area contributed by atoms with Gasteiger partial charge in [0.1, 0.15) is 5.69 Å². The first-order valence-corrected chi connectivity index (χ1v) is 6.75. The van der Waals surface area contributed by atoms with Crippen LogP contribution in [0.3, 0.4) is 0 Å². The van der Waals surface area contributed by atoms with Gasteiger partial charge in [-0.05, 0) is 26.7 Å². The summed E-state index contributed by atoms with van der Waals surface area (Å²) in [5.41, 5.74) is 1.86. The van der Waals surface area contributed by atoms with Crippen LogP contribution in [0.4, 0.5) is 0 Å². The van der Waals surface area contributed by atoms with E-state index >= 15 is 0 Å². The third-order valence-corrected chi connectivity index (χ3v) is 3.59. The molecule has 0 amide bonds. The van der Waals surface area contributed by atoms with Crippen molar-refractivity contribution in [2.75, 3.05) is 0 Å². The van der Waals surface area contributed by atoms with Crippen molar-refractivity contribution in [3.8, 4) is 5.75 Å². The molecule has 1 heterocycles. The second-order valence-corrected chi connectivity index (χ2v) is 5.28. The lowest BCUT2D eigenvalue weighted by Gasteiger charge is -2.15. The van der Waals surface area contributed by atoms with E-state index in [4.69, 9.17) is 0 Å². The molecule has 0 radical (unpaired) electrons. The van der Waals surface area contributed by atoms with Crippen LogP contribution in [0, 0.1) is 0 Å². The van der Waals surface area contributed by atoms with Crippen LogP contribution < -0.4 is 0 Å². The first-order valence-electron chi connectivity index (χ1n) is 6.75. The topological polar surface area (TPSA) is 38.0 Å². The number of nitrogens with zero attached hydrogens (tertiary/aromatic N) is 2. The predicted molar refractivity (Wildman–Crippen MR) is 71.7 cm³/mol. The Morgan fingerprint density at radius 1 is 1.06 bits per heavy atom. The highest BCUT2D eigenvalue weighted by Crippen LogP contribution is 2.36. The van der Waals surface area contributed by atoms with Gasteiger partial charge in [-0.2, -0.15) is 5.10 Å². The molecule has 2 atom stereocenters. The summed E-state index contributed by atoms with van der Waals surface area (Å²) in [6.07, 6.45) is 2.02. The van der Waals surface area contributed by atoms with Gasteiger partial charge in [-0.3, -0.25) is 4.68 Å². The number of hydrogen-bond donors (Lipinski definition) is 1. The van der Waals surface area contributed by atoms with E-state index < -0.39 is 0 Å². The van der Waals surface area contributed by atoms with Crippen LogP contribution in [0.2, 0.25) is 0 Å². The van der Waals surface area contributed by atoms with Crippen LogP contribution in [0.1, 0.15) is 83.6 Å². The lowest BCUT2D eigenvalue weighted by molar-refractivity contribution is 0.436. The van der Waals surface area contributed by atoms with E-state index in [2.05, 4.69) is 46.6 Å². The summed E-state index contributed by atoms with van der Waals surface area (Å²) >= 11 is 0. The van der Waals surface area contributed by atoms with Crippen molar-refractivity contribution in [3.63, 3.8) is 0 Å². The van der Waals surface area contributed by atoms with Crippen LogP contribution in [0.15, 0.2) is 0 Å². The summed E-state index contributed by atoms with van der Waals surface area (Å²) in [6.45, 7) is 12.8. The van der Waals surface area contributed by atoms with Gasteiger partial charge in [0.2, 0.25) is 0 Å². The van der Waals surface area contributed by atoms with Gasteiger partial charge in [-0.1, -0.05) is 27.7 Å². The fourth-order valence-corrected chi connectivity index (χ4v) is 2.03. The summed E-state index contributed by atoms with van der Waals surface area (Å²) in [4.78, 5) is 0. The SMILES string of the molecule is CCC(C)c1nn(C(C)C)c(C(C)CC)c1O. The Morgan fingerprint density at radius 3 is 2.00 bits per heavy atom. The van der Waals surface area contributed by atoms with Crippen molar-refractivity contribution >= 4 is 0 Å². The van der Waals surface area contributed by atoms with Crippen molar-refractivity contribution in [3.05, 3.63) is 11.4 Å². The highest BCUT2D eigenvalue weighted by atomic mass is 16.3. The smallest absolute Gasteiger partial charge is 0.160 e. The zero-order chi connectivity index (χ0) is 13.2. The molecule has 2 unspecified atom stereocenters. The molecule has 3 heteroatoms. The van der Waals surface area contributed by atoms with Gasteiger partial charge in [0.05, 0.1) is 5.69 Å². The molecular weight excluding hydrogens is 212 g/mol. The van der Waals surface area contributed by atoms with Crippen LogP contribution in [-0.2, 0) is 0 Å². The van der Waals surface area contributed by atoms with Crippen molar-refractivity contribution in [2.24, 2.45) is 0 Å². The fraction of sp³-hybridized carbons (Fsp3) is 0.786. The average molecular weight is 238 g/mol. The minimum Gasteiger partial charge on any atom is -0.504 e. The molecule has 1 N–H and O–H groups in total. The minimum absolute atomic E-state index is 0.294. The maximum atomic E-state index is 10.4. The molecule has 1 rings (SSSR count). The first kappa shape index (κ1) is 14.1. The van der Waals surface area contributed by atoms with E-state index in [-0.39, 0.29) is 0 Å². The number of aromatic nitrogens is 2. The Kier molecular flexibility index (Phi) is 4.61. The Labute approximate surface area is 105 Å². The fourth-order valence-electron chi connectivity index (χ4n) is 2.03. The number of hydrogen-bond acceptors (Lipinski definition) is 2. The van der Waals surface area contributed by atoms with Gasteiger partial charge in [0.15, 0.2) is 5.75 Å². The molecule has 1 aromatic rings. The maximum absolute atomic E-state index is 10.4. The Balaban J connectivity index is 3.30. The third kappa shape index (κ3) is 2.64. The zero-order valence-corrected chi connectivity index (χ0v) is 12.0. The summed E-state index contributed by atoms with van der Waals surface area (Å²) in [7, 11) is 0. The Bertz CT molecular complexity index is 369. The molecule has 3 nitrogen and oxygen atoms in total. The van der Waals surface area contributed by atoms with E-state index in [1.165, 1.54) is 0 Å². The van der Waals surface area contributed by atoms with Crippen molar-refractivity contribution in [1.82, 2.24) is 9.78 Å². The lowest BCUT2D eigenvalue weighted by Crippen LogP contribution is -2.10. The molecule has 0 aliphatic rings. The van der Waals surface area contributed by atoms with Crippen molar-refractivity contribution in [1.29, 1.82) is 0 Å². The summed E-state index contributed by atoms with van der Waals surface area (Å²) in [5.74, 6) is 1.09. The van der Waals surface area contributed by atoms with Crippen molar-refractivity contribution < 1.29 is 5.11 Å². The van der Waals surface area contributed by atoms with Crippen LogP contribution >= 0.6 is 0 Å².